The van der Waals surface area contributed by atoms with E-state index in [0.29, 0.717) is 83.1 Å². The van der Waals surface area contributed by atoms with Crippen LogP contribution in [-0.4, -0.2) is 144 Å². The molecule has 14 nitrogen and oxygen atoms in total. The number of amides is 2. The molecular formula is C71H82Cl2F2N8O6. The fourth-order valence-corrected chi connectivity index (χ4v) is 13.8. The number of piperidine rings is 4. The summed E-state index contributed by atoms with van der Waals surface area (Å²) >= 11 is 12.2. The standard InChI is InChI=1S/C36H41Cl2FN4O3.C35H41FN4O3/c1-24(2)46-34-6-3-5-30-31(36(44)40-20-25-7-14-32(37)33(38)19-25)23-43(35(30)34)16-4-15-41-21-28-11-10-27(41)22-42(28)17-18-45-29-12-8-26(39)9-13-29;1-25-6-3-7-26(20-25)21-37-35(41)32-24-40(34-31(32)8-4-9-33(34)42-2)17-5-16-38-22-29-13-12-28(38)23-39(29)18-19-43-30-14-10-27(36)11-15-30/h3,5-9,12-14,19,23-24,27-28H,4,10-11,15-18,20-22H2,1-2H3,(H,40,44);3-4,6-11,14-15,20,24,28-29H,5,12-13,16-19,21-23H2,1-2H3,(H,37,41). The second-order valence-electron chi connectivity index (χ2n) is 24.3. The molecule has 4 unspecified atom stereocenters. The number of aryl methyl sites for hydroxylation is 3. The van der Waals surface area contributed by atoms with Crippen molar-refractivity contribution in [2.75, 3.05) is 72.7 Å². The van der Waals surface area contributed by atoms with E-state index >= 15 is 0 Å². The van der Waals surface area contributed by atoms with Gasteiger partial charge >= 0.3 is 0 Å². The molecule has 6 aliphatic heterocycles. The second-order valence-corrected chi connectivity index (χ2v) is 25.1. The number of hydrogen-bond donors (Lipinski definition) is 2. The number of rotatable bonds is 25. The Kier molecular flexibility index (Phi) is 21.1. The molecule has 6 saturated heterocycles. The Morgan fingerprint density at radius 1 is 0.539 bits per heavy atom. The Balaban J connectivity index is 0.000000184. The predicted molar refractivity (Wildman–Crippen MR) is 349 cm³/mol. The van der Waals surface area contributed by atoms with Crippen molar-refractivity contribution in [2.24, 2.45) is 0 Å². The van der Waals surface area contributed by atoms with Gasteiger partial charge in [-0.3, -0.25) is 29.2 Å². The van der Waals surface area contributed by atoms with Crippen molar-refractivity contribution in [1.82, 2.24) is 39.4 Å². The zero-order valence-electron chi connectivity index (χ0n) is 51.5. The van der Waals surface area contributed by atoms with Crippen LogP contribution in [0.3, 0.4) is 0 Å². The van der Waals surface area contributed by atoms with Gasteiger partial charge in [0.25, 0.3) is 11.8 Å². The molecular weight excluding hydrogens is 1170 g/mol. The molecule has 6 fully saturated rings. The molecule has 4 atom stereocenters. The monoisotopic (exact) mass is 1250 g/mol. The Bertz CT molecular complexity index is 3690. The lowest BCUT2D eigenvalue weighted by Gasteiger charge is -2.51. The van der Waals surface area contributed by atoms with Gasteiger partial charge in [0.2, 0.25) is 0 Å². The summed E-state index contributed by atoms with van der Waals surface area (Å²) in [5, 5.41) is 8.90. The molecule has 2 amide bonds. The molecule has 6 aromatic carbocycles. The van der Waals surface area contributed by atoms with Gasteiger partial charge < -0.3 is 38.7 Å². The van der Waals surface area contributed by atoms with Crippen molar-refractivity contribution in [3.8, 4) is 23.0 Å². The van der Waals surface area contributed by atoms with Gasteiger partial charge in [0.05, 0.1) is 45.4 Å². The number of nitrogens with one attached hydrogen (secondary N) is 2. The first-order valence-electron chi connectivity index (χ1n) is 31.5. The number of nitrogens with zero attached hydrogens (tertiary/aromatic N) is 6. The topological polar surface area (TPSA) is 118 Å². The minimum absolute atomic E-state index is 0.00816. The van der Waals surface area contributed by atoms with E-state index in [1.807, 2.05) is 80.8 Å². The summed E-state index contributed by atoms with van der Waals surface area (Å²) < 4.78 is 54.4. The number of methoxy groups -OCH3 is 1. The number of hydrogen-bond acceptors (Lipinski definition) is 10. The first kappa shape index (κ1) is 63.4. The fraction of sp³-hybridized carbons (Fsp3) is 0.408. The van der Waals surface area contributed by atoms with Crippen LogP contribution in [0.25, 0.3) is 21.8 Å². The number of aromatic nitrogens is 2. The number of benzene rings is 6. The van der Waals surface area contributed by atoms with Crippen molar-refractivity contribution in [3.05, 3.63) is 189 Å². The number of para-hydroxylation sites is 2. The Morgan fingerprint density at radius 2 is 0.989 bits per heavy atom. The maximum atomic E-state index is 13.5. The van der Waals surface area contributed by atoms with Gasteiger partial charge in [-0.25, -0.2) is 8.78 Å². The van der Waals surface area contributed by atoms with E-state index in [1.54, 1.807) is 43.5 Å². The lowest BCUT2D eigenvalue weighted by atomic mass is 9.90. The lowest BCUT2D eigenvalue weighted by molar-refractivity contribution is -0.0259. The average molecular weight is 1250 g/mol. The van der Waals surface area contributed by atoms with Crippen LogP contribution in [0.4, 0.5) is 8.78 Å². The number of piperazine rings is 2. The van der Waals surface area contributed by atoms with E-state index in [2.05, 4.69) is 58.4 Å². The Hall–Kier alpha value is -7.18. The summed E-state index contributed by atoms with van der Waals surface area (Å²) in [5.41, 5.74) is 6.37. The molecule has 4 bridgehead atoms. The number of fused-ring (bicyclic) bond motifs is 8. The van der Waals surface area contributed by atoms with Crippen LogP contribution >= 0.6 is 23.2 Å². The van der Waals surface area contributed by atoms with E-state index in [-0.39, 0.29) is 29.6 Å². The van der Waals surface area contributed by atoms with E-state index in [9.17, 15) is 18.4 Å². The van der Waals surface area contributed by atoms with Gasteiger partial charge in [-0.2, -0.15) is 0 Å². The first-order valence-corrected chi connectivity index (χ1v) is 32.2. The summed E-state index contributed by atoms with van der Waals surface area (Å²) in [6, 6.07) is 40.0. The molecule has 0 saturated carbocycles. The molecule has 0 radical (unpaired) electrons. The van der Waals surface area contributed by atoms with E-state index in [1.165, 1.54) is 55.5 Å². The first-order chi connectivity index (χ1) is 43.2. The minimum atomic E-state index is -0.252. The summed E-state index contributed by atoms with van der Waals surface area (Å²) in [4.78, 5) is 37.2. The van der Waals surface area contributed by atoms with E-state index in [4.69, 9.17) is 42.1 Å². The Morgan fingerprint density at radius 3 is 1.44 bits per heavy atom. The third-order valence-corrected chi connectivity index (χ3v) is 18.6. The van der Waals surface area contributed by atoms with Crippen molar-refractivity contribution in [3.63, 3.8) is 0 Å². The summed E-state index contributed by atoms with van der Waals surface area (Å²) in [6.07, 6.45) is 10.8. The fourth-order valence-electron chi connectivity index (χ4n) is 13.5. The van der Waals surface area contributed by atoms with Crippen LogP contribution in [0.1, 0.15) is 89.8 Å². The molecule has 470 valence electrons. The van der Waals surface area contributed by atoms with Crippen LogP contribution in [0.2, 0.25) is 10.0 Å². The molecule has 18 heteroatoms. The van der Waals surface area contributed by atoms with Crippen molar-refractivity contribution < 1.29 is 37.3 Å². The Labute approximate surface area is 531 Å². The highest BCUT2D eigenvalue weighted by Crippen LogP contribution is 2.35. The molecule has 2 aromatic heterocycles. The predicted octanol–water partition coefficient (Wildman–Crippen LogP) is 13.1. The third-order valence-electron chi connectivity index (χ3n) is 17.9. The maximum Gasteiger partial charge on any atom is 0.253 e. The molecule has 0 spiro atoms. The molecule has 2 N–H and O–H groups in total. The molecule has 0 aliphatic carbocycles. The largest absolute Gasteiger partial charge is 0.495 e. The van der Waals surface area contributed by atoms with Gasteiger partial charge in [0, 0.05) is 126 Å². The second kappa shape index (κ2) is 29.6. The highest BCUT2D eigenvalue weighted by molar-refractivity contribution is 6.42. The molecule has 8 aromatic rings. The van der Waals surface area contributed by atoms with Gasteiger partial charge in [0.15, 0.2) is 0 Å². The van der Waals surface area contributed by atoms with Gasteiger partial charge in [0.1, 0.15) is 47.8 Å². The summed E-state index contributed by atoms with van der Waals surface area (Å²) in [7, 11) is 1.69. The SMILES string of the molecule is CC(C)Oc1cccc2c(C(=O)NCc3ccc(Cl)c(Cl)c3)cn(CCCN3CC4CCC3CN4CCOc3ccc(F)cc3)c12.COc1cccc2c(C(=O)NCc3cccc(C)c3)cn(CCCN3CC4CCC3CN4CCOc3ccc(F)cc3)c12. The third kappa shape index (κ3) is 15.9. The molecule has 14 rings (SSSR count). The van der Waals surface area contributed by atoms with Crippen LogP contribution in [0, 0.1) is 18.6 Å². The highest BCUT2D eigenvalue weighted by atomic mass is 35.5. The van der Waals surface area contributed by atoms with Crippen molar-refractivity contribution in [2.45, 2.75) is 116 Å². The minimum Gasteiger partial charge on any atom is -0.495 e. The zero-order chi connectivity index (χ0) is 62.0. The van der Waals surface area contributed by atoms with E-state index in [0.717, 1.165) is 123 Å². The van der Waals surface area contributed by atoms with Gasteiger partial charge in [-0.1, -0.05) is 83.4 Å². The van der Waals surface area contributed by atoms with Crippen molar-refractivity contribution in [1.29, 1.82) is 0 Å². The highest BCUT2D eigenvalue weighted by Gasteiger charge is 2.40. The van der Waals surface area contributed by atoms with Crippen molar-refractivity contribution >= 4 is 56.8 Å². The maximum absolute atomic E-state index is 13.5. The molecule has 89 heavy (non-hydrogen) atoms. The van der Waals surface area contributed by atoms with Crippen LogP contribution in [0.15, 0.2) is 140 Å². The quantitative estimate of drug-likeness (QED) is 0.0573. The number of halogens is 4. The molecule has 8 heterocycles. The molecule has 6 aliphatic rings. The smallest absolute Gasteiger partial charge is 0.253 e. The summed E-state index contributed by atoms with van der Waals surface area (Å²) in [5.74, 6) is 2.27. The van der Waals surface area contributed by atoms with Crippen LogP contribution in [-0.2, 0) is 26.2 Å². The van der Waals surface area contributed by atoms with Gasteiger partial charge in [-0.15, -0.1) is 0 Å². The number of carbonyl (C=O) groups excluding carboxylic acids is 2. The van der Waals surface area contributed by atoms with Crippen LogP contribution < -0.4 is 29.6 Å². The normalized spacial score (nSPS) is 18.5. The number of ether oxygens (including phenoxy) is 4. The van der Waals surface area contributed by atoms with Gasteiger partial charge in [-0.05, 0) is 143 Å². The van der Waals surface area contributed by atoms with E-state index < -0.39 is 0 Å². The summed E-state index contributed by atoms with van der Waals surface area (Å²) in [6.45, 7) is 17.7. The zero-order valence-corrected chi connectivity index (χ0v) is 53.0. The average Bonchev–Trinajstić information content (AvgIpc) is 1.93. The van der Waals surface area contributed by atoms with Crippen LogP contribution in [0.5, 0.6) is 23.0 Å². The lowest BCUT2D eigenvalue weighted by Crippen LogP contribution is -2.63. The number of carbonyl (C=O) groups is 2.